The Labute approximate surface area is 148 Å². The van der Waals surface area contributed by atoms with E-state index in [0.717, 1.165) is 32.7 Å². The molecule has 0 aliphatic carbocycles. The maximum atomic E-state index is 12.3. The first-order chi connectivity index (χ1) is 11.9. The van der Waals surface area contributed by atoms with E-state index in [2.05, 4.69) is 11.8 Å². The van der Waals surface area contributed by atoms with E-state index >= 15 is 0 Å². The van der Waals surface area contributed by atoms with Crippen molar-refractivity contribution >= 4 is 11.7 Å². The number of rotatable bonds is 4. The average Bonchev–Trinajstić information content (AvgIpc) is 2.59. The Morgan fingerprint density at radius 2 is 1.96 bits per heavy atom. The van der Waals surface area contributed by atoms with Gasteiger partial charge in [-0.3, -0.25) is 9.59 Å². The Morgan fingerprint density at radius 3 is 2.64 bits per heavy atom. The molecular formula is C19H26N2O4. The van der Waals surface area contributed by atoms with Gasteiger partial charge in [0, 0.05) is 26.2 Å². The number of nitrogens with zero attached hydrogens (tertiary/aromatic N) is 2. The number of likely N-dealkylation sites (N-methyl/N-ethyl adjacent to an activating group) is 1. The molecule has 0 bridgehead atoms. The van der Waals surface area contributed by atoms with Gasteiger partial charge in [0.05, 0.1) is 12.0 Å². The predicted octanol–water partition coefficient (Wildman–Crippen LogP) is 1.97. The minimum atomic E-state index is -0.483. The number of benzene rings is 1. The molecule has 0 N–H and O–H groups in total. The van der Waals surface area contributed by atoms with Crippen LogP contribution < -0.4 is 9.47 Å². The number of carbonyl (C=O) groups is 2. The minimum Gasteiger partial charge on any atom is -0.487 e. The van der Waals surface area contributed by atoms with Gasteiger partial charge in [-0.2, -0.15) is 0 Å². The molecule has 0 spiro atoms. The van der Waals surface area contributed by atoms with Gasteiger partial charge in [-0.15, -0.1) is 0 Å². The summed E-state index contributed by atoms with van der Waals surface area (Å²) in [5.41, 5.74) is 0.0455. The average molecular weight is 346 g/mol. The summed E-state index contributed by atoms with van der Waals surface area (Å²) in [6.45, 7) is 10.2. The van der Waals surface area contributed by atoms with Crippen molar-refractivity contribution in [2.24, 2.45) is 0 Å². The second-order valence-electron chi connectivity index (χ2n) is 7.22. The lowest BCUT2D eigenvalue weighted by atomic mass is 9.93. The van der Waals surface area contributed by atoms with E-state index in [1.807, 2.05) is 18.7 Å². The lowest BCUT2D eigenvalue weighted by molar-refractivity contribution is -0.135. The van der Waals surface area contributed by atoms with Gasteiger partial charge in [0.15, 0.2) is 12.4 Å². The molecule has 3 rings (SSSR count). The predicted molar refractivity (Wildman–Crippen MR) is 94.3 cm³/mol. The summed E-state index contributed by atoms with van der Waals surface area (Å²) < 4.78 is 11.5. The number of fused-ring (bicyclic) bond motifs is 1. The normalized spacial score (nSPS) is 20.0. The van der Waals surface area contributed by atoms with Crippen LogP contribution in [-0.4, -0.2) is 66.4 Å². The molecule has 6 heteroatoms. The molecular weight excluding hydrogens is 320 g/mol. The van der Waals surface area contributed by atoms with Crippen LogP contribution in [0.4, 0.5) is 0 Å². The van der Waals surface area contributed by atoms with Gasteiger partial charge in [0.2, 0.25) is 0 Å². The van der Waals surface area contributed by atoms with E-state index in [4.69, 9.17) is 9.47 Å². The molecule has 136 valence electrons. The third-order valence-electron chi connectivity index (χ3n) is 4.76. The molecule has 1 aromatic rings. The number of amides is 1. The van der Waals surface area contributed by atoms with E-state index in [0.29, 0.717) is 23.5 Å². The first kappa shape index (κ1) is 17.7. The quantitative estimate of drug-likeness (QED) is 0.834. The number of hydrogen-bond donors (Lipinski definition) is 0. The van der Waals surface area contributed by atoms with Gasteiger partial charge in [-0.05, 0) is 38.6 Å². The number of ether oxygens (including phenoxy) is 2. The van der Waals surface area contributed by atoms with Gasteiger partial charge in [-0.1, -0.05) is 6.92 Å². The van der Waals surface area contributed by atoms with Crippen molar-refractivity contribution in [2.45, 2.75) is 32.8 Å². The van der Waals surface area contributed by atoms with Gasteiger partial charge in [0.25, 0.3) is 5.91 Å². The fourth-order valence-corrected chi connectivity index (χ4v) is 3.27. The van der Waals surface area contributed by atoms with E-state index in [-0.39, 0.29) is 18.3 Å². The number of piperazine rings is 1. The molecule has 25 heavy (non-hydrogen) atoms. The zero-order valence-corrected chi connectivity index (χ0v) is 15.2. The van der Waals surface area contributed by atoms with E-state index in [9.17, 15) is 9.59 Å². The molecule has 1 saturated heterocycles. The molecule has 0 unspecified atom stereocenters. The van der Waals surface area contributed by atoms with Crippen LogP contribution in [0.3, 0.4) is 0 Å². The van der Waals surface area contributed by atoms with Gasteiger partial charge in [0.1, 0.15) is 17.1 Å². The standard InChI is InChI=1S/C19H26N2O4/c1-4-20-7-9-21(10-8-20)18(23)13-24-14-5-6-17-15(11-14)16(22)12-19(2,3)25-17/h5-6,11H,4,7-10,12-13H2,1-3H3. The molecule has 0 atom stereocenters. The molecule has 2 aliphatic heterocycles. The van der Waals surface area contributed by atoms with E-state index in [1.165, 1.54) is 0 Å². The second kappa shape index (κ2) is 7.04. The fourth-order valence-electron chi connectivity index (χ4n) is 3.27. The molecule has 1 fully saturated rings. The Bertz CT molecular complexity index is 663. The van der Waals surface area contributed by atoms with Crippen LogP contribution in [-0.2, 0) is 4.79 Å². The number of hydrogen-bond acceptors (Lipinski definition) is 5. The first-order valence-electron chi connectivity index (χ1n) is 8.87. The summed E-state index contributed by atoms with van der Waals surface area (Å²) in [4.78, 5) is 28.7. The maximum absolute atomic E-state index is 12.3. The van der Waals surface area contributed by atoms with Crippen LogP contribution in [0.2, 0.25) is 0 Å². The molecule has 2 aliphatic rings. The summed E-state index contributed by atoms with van der Waals surface area (Å²) in [6, 6.07) is 5.17. The molecule has 6 nitrogen and oxygen atoms in total. The summed E-state index contributed by atoms with van der Waals surface area (Å²) >= 11 is 0. The van der Waals surface area contributed by atoms with Gasteiger partial charge in [-0.25, -0.2) is 0 Å². The van der Waals surface area contributed by atoms with Crippen molar-refractivity contribution in [3.05, 3.63) is 23.8 Å². The van der Waals surface area contributed by atoms with Crippen molar-refractivity contribution in [1.29, 1.82) is 0 Å². The van der Waals surface area contributed by atoms with Gasteiger partial charge >= 0.3 is 0 Å². The highest BCUT2D eigenvalue weighted by molar-refractivity contribution is 6.00. The second-order valence-corrected chi connectivity index (χ2v) is 7.22. The van der Waals surface area contributed by atoms with Crippen LogP contribution in [0.1, 0.15) is 37.6 Å². The zero-order valence-electron chi connectivity index (χ0n) is 15.2. The fraction of sp³-hybridized carbons (Fsp3) is 0.579. The molecule has 2 heterocycles. The minimum absolute atomic E-state index is 0.00848. The third-order valence-corrected chi connectivity index (χ3v) is 4.76. The Hall–Kier alpha value is -2.08. The maximum Gasteiger partial charge on any atom is 0.260 e. The molecule has 0 aromatic heterocycles. The first-order valence-corrected chi connectivity index (χ1v) is 8.87. The summed E-state index contributed by atoms with van der Waals surface area (Å²) in [6.07, 6.45) is 0.337. The lowest BCUT2D eigenvalue weighted by Gasteiger charge is -2.34. The monoisotopic (exact) mass is 346 g/mol. The zero-order chi connectivity index (χ0) is 18.0. The smallest absolute Gasteiger partial charge is 0.260 e. The molecule has 1 aromatic carbocycles. The Morgan fingerprint density at radius 1 is 1.24 bits per heavy atom. The largest absolute Gasteiger partial charge is 0.487 e. The highest BCUT2D eigenvalue weighted by Crippen LogP contribution is 2.35. The van der Waals surface area contributed by atoms with Crippen molar-refractivity contribution < 1.29 is 19.1 Å². The van der Waals surface area contributed by atoms with Crippen molar-refractivity contribution in [1.82, 2.24) is 9.80 Å². The highest BCUT2D eigenvalue weighted by atomic mass is 16.5. The lowest BCUT2D eigenvalue weighted by Crippen LogP contribution is -2.49. The molecule has 0 radical (unpaired) electrons. The SMILES string of the molecule is CCN1CCN(C(=O)COc2ccc3c(c2)C(=O)CC(C)(C)O3)CC1. The molecule has 0 saturated carbocycles. The van der Waals surface area contributed by atoms with Crippen molar-refractivity contribution in [3.63, 3.8) is 0 Å². The van der Waals surface area contributed by atoms with Crippen molar-refractivity contribution in [2.75, 3.05) is 39.3 Å². The Kier molecular flexibility index (Phi) is 4.99. The summed E-state index contributed by atoms with van der Waals surface area (Å²) in [5, 5.41) is 0. The van der Waals surface area contributed by atoms with Crippen LogP contribution in [0.25, 0.3) is 0 Å². The third kappa shape index (κ3) is 4.12. The van der Waals surface area contributed by atoms with Crippen LogP contribution >= 0.6 is 0 Å². The Balaban J connectivity index is 1.58. The van der Waals surface area contributed by atoms with Gasteiger partial charge < -0.3 is 19.3 Å². The number of carbonyl (C=O) groups excluding carboxylic acids is 2. The number of ketones is 1. The number of Topliss-reactive ketones (excluding diaryl/α,β-unsaturated/α-hetero) is 1. The summed E-state index contributed by atoms with van der Waals surface area (Å²) in [5.74, 6) is 1.13. The van der Waals surface area contributed by atoms with E-state index in [1.54, 1.807) is 18.2 Å². The van der Waals surface area contributed by atoms with Crippen LogP contribution in [0.15, 0.2) is 18.2 Å². The van der Waals surface area contributed by atoms with Crippen LogP contribution in [0, 0.1) is 0 Å². The summed E-state index contributed by atoms with van der Waals surface area (Å²) in [7, 11) is 0. The van der Waals surface area contributed by atoms with E-state index < -0.39 is 5.60 Å². The highest BCUT2D eigenvalue weighted by Gasteiger charge is 2.32. The topological polar surface area (TPSA) is 59.1 Å². The molecule has 1 amide bonds. The van der Waals surface area contributed by atoms with Crippen LogP contribution in [0.5, 0.6) is 11.5 Å². The van der Waals surface area contributed by atoms with Crippen molar-refractivity contribution in [3.8, 4) is 11.5 Å².